The number of nitrogens with one attached hydrogen (secondary N) is 1. The van der Waals surface area contributed by atoms with Crippen molar-refractivity contribution in [1.29, 1.82) is 0 Å². The molecule has 24 heavy (non-hydrogen) atoms. The van der Waals surface area contributed by atoms with Gasteiger partial charge in [0.1, 0.15) is 0 Å². The van der Waals surface area contributed by atoms with Crippen LogP contribution in [0.5, 0.6) is 0 Å². The van der Waals surface area contributed by atoms with Gasteiger partial charge in [0.25, 0.3) is 0 Å². The zero-order valence-electron chi connectivity index (χ0n) is 14.1. The van der Waals surface area contributed by atoms with Crippen molar-refractivity contribution in [2.45, 2.75) is 25.0 Å². The largest absolute Gasteiger partial charge is 0.356 e. The van der Waals surface area contributed by atoms with Crippen LogP contribution in [0, 0.1) is 5.92 Å². The third-order valence-corrected chi connectivity index (χ3v) is 6.48. The van der Waals surface area contributed by atoms with Gasteiger partial charge in [-0.2, -0.15) is 11.8 Å². The Kier molecular flexibility index (Phi) is 7.58. The van der Waals surface area contributed by atoms with Gasteiger partial charge in [0.2, 0.25) is 15.9 Å². The van der Waals surface area contributed by atoms with Crippen LogP contribution in [-0.4, -0.2) is 50.3 Å². The van der Waals surface area contributed by atoms with Crippen LogP contribution in [0.4, 0.5) is 0 Å². The Morgan fingerprint density at radius 1 is 1.33 bits per heavy atom. The lowest BCUT2D eigenvalue weighted by atomic mass is 9.99. The molecule has 7 heteroatoms. The van der Waals surface area contributed by atoms with E-state index in [1.54, 1.807) is 0 Å². The maximum atomic E-state index is 12.2. The third kappa shape index (κ3) is 6.45. The number of thioether (sulfide) groups is 1. The van der Waals surface area contributed by atoms with Gasteiger partial charge < -0.3 is 5.32 Å². The van der Waals surface area contributed by atoms with E-state index in [9.17, 15) is 13.2 Å². The Morgan fingerprint density at radius 3 is 2.79 bits per heavy atom. The molecule has 1 amide bonds. The van der Waals surface area contributed by atoms with Crippen molar-refractivity contribution < 1.29 is 13.2 Å². The number of sulfonamides is 1. The summed E-state index contributed by atoms with van der Waals surface area (Å²) in [5, 5.41) is 2.95. The van der Waals surface area contributed by atoms with Gasteiger partial charge in [0, 0.05) is 25.4 Å². The van der Waals surface area contributed by atoms with Crippen molar-refractivity contribution >= 4 is 27.7 Å². The molecule has 2 rings (SSSR count). The Morgan fingerprint density at radius 2 is 2.08 bits per heavy atom. The zero-order chi connectivity index (χ0) is 17.4. The Labute approximate surface area is 149 Å². The number of benzene rings is 1. The summed E-state index contributed by atoms with van der Waals surface area (Å²) in [7, 11) is -3.20. The fourth-order valence-corrected chi connectivity index (χ4v) is 4.58. The smallest absolute Gasteiger partial charge is 0.224 e. The molecule has 0 bridgehead atoms. The van der Waals surface area contributed by atoms with E-state index in [4.69, 9.17) is 0 Å². The fourth-order valence-electron chi connectivity index (χ4n) is 2.75. The lowest BCUT2D eigenvalue weighted by Gasteiger charge is -2.30. The fraction of sp³-hybridized carbons (Fsp3) is 0.588. The minimum Gasteiger partial charge on any atom is -0.356 e. The molecular formula is C17H26N2O3S2. The predicted octanol–water partition coefficient (Wildman–Crippen LogP) is 2.10. The van der Waals surface area contributed by atoms with Gasteiger partial charge in [0.15, 0.2) is 0 Å². The van der Waals surface area contributed by atoms with Crippen LogP contribution >= 0.6 is 11.8 Å². The first-order valence-electron chi connectivity index (χ1n) is 8.31. The maximum Gasteiger partial charge on any atom is 0.224 e. The minimum atomic E-state index is -3.20. The first kappa shape index (κ1) is 19.3. The monoisotopic (exact) mass is 370 g/mol. The lowest BCUT2D eigenvalue weighted by molar-refractivity contribution is -0.126. The average molecular weight is 371 g/mol. The molecule has 0 radical (unpaired) electrons. The Bertz CT molecular complexity index is 620. The molecule has 1 aliphatic rings. The normalized spacial score (nSPS) is 19.1. The average Bonchev–Trinajstić information content (AvgIpc) is 2.58. The summed E-state index contributed by atoms with van der Waals surface area (Å²) in [6.07, 6.45) is 3.64. The van der Waals surface area contributed by atoms with Crippen LogP contribution in [0.1, 0.15) is 24.8 Å². The number of amides is 1. The molecule has 1 heterocycles. The van der Waals surface area contributed by atoms with Crippen LogP contribution in [0.3, 0.4) is 0 Å². The highest BCUT2D eigenvalue weighted by molar-refractivity contribution is 7.98. The summed E-state index contributed by atoms with van der Waals surface area (Å²) < 4.78 is 24.6. The molecule has 0 unspecified atom stereocenters. The minimum absolute atomic E-state index is 0.0172. The molecule has 0 aliphatic carbocycles. The van der Waals surface area contributed by atoms with E-state index >= 15 is 0 Å². The standard InChI is InChI=1S/C17H26N2O3S2/c1-24(21,22)19-11-5-9-16(13-19)17(20)18-10-6-12-23-14-15-7-3-2-4-8-15/h2-4,7-8,16H,5-6,9-14H2,1H3,(H,18,20)/t16-/m0/s1. The first-order valence-corrected chi connectivity index (χ1v) is 11.3. The van der Waals surface area contributed by atoms with Gasteiger partial charge in [-0.25, -0.2) is 12.7 Å². The molecule has 1 aromatic rings. The van der Waals surface area contributed by atoms with Gasteiger partial charge in [-0.05, 0) is 30.6 Å². The van der Waals surface area contributed by atoms with Crippen LogP contribution in [0.15, 0.2) is 30.3 Å². The Hall–Kier alpha value is -1.05. The highest BCUT2D eigenvalue weighted by Crippen LogP contribution is 2.19. The van der Waals surface area contributed by atoms with E-state index in [1.807, 2.05) is 30.0 Å². The molecule has 5 nitrogen and oxygen atoms in total. The predicted molar refractivity (Wildman–Crippen MR) is 99.4 cm³/mol. The van der Waals surface area contributed by atoms with Gasteiger partial charge in [-0.1, -0.05) is 30.3 Å². The van der Waals surface area contributed by atoms with Crippen molar-refractivity contribution in [3.05, 3.63) is 35.9 Å². The number of hydrogen-bond donors (Lipinski definition) is 1. The molecule has 134 valence electrons. The highest BCUT2D eigenvalue weighted by atomic mass is 32.2. The summed E-state index contributed by atoms with van der Waals surface area (Å²) in [5.41, 5.74) is 1.31. The summed E-state index contributed by atoms with van der Waals surface area (Å²) in [4.78, 5) is 12.2. The molecule has 1 aliphatic heterocycles. The van der Waals surface area contributed by atoms with Crippen LogP contribution in [0.2, 0.25) is 0 Å². The summed E-state index contributed by atoms with van der Waals surface area (Å²) in [6.45, 7) is 1.49. The molecule has 0 spiro atoms. The SMILES string of the molecule is CS(=O)(=O)N1CCC[C@H](C(=O)NCCCSCc2ccccc2)C1. The molecule has 0 aromatic heterocycles. The van der Waals surface area contributed by atoms with Gasteiger partial charge >= 0.3 is 0 Å². The van der Waals surface area contributed by atoms with Crippen LogP contribution in [-0.2, 0) is 20.6 Å². The van der Waals surface area contributed by atoms with E-state index in [-0.39, 0.29) is 11.8 Å². The molecule has 1 fully saturated rings. The number of nitrogens with zero attached hydrogens (tertiary/aromatic N) is 1. The van der Waals surface area contributed by atoms with Gasteiger partial charge in [-0.15, -0.1) is 0 Å². The second-order valence-corrected chi connectivity index (χ2v) is 9.23. The van der Waals surface area contributed by atoms with Crippen molar-refractivity contribution in [1.82, 2.24) is 9.62 Å². The number of hydrogen-bond acceptors (Lipinski definition) is 4. The van der Waals surface area contributed by atoms with E-state index in [1.165, 1.54) is 16.1 Å². The molecule has 1 atom stereocenters. The van der Waals surface area contributed by atoms with E-state index in [0.29, 0.717) is 19.6 Å². The van der Waals surface area contributed by atoms with Crippen molar-refractivity contribution in [3.63, 3.8) is 0 Å². The first-order chi connectivity index (χ1) is 11.5. The number of carbonyl (C=O) groups is 1. The van der Waals surface area contributed by atoms with Crippen LogP contribution in [0.25, 0.3) is 0 Å². The topological polar surface area (TPSA) is 66.5 Å². The van der Waals surface area contributed by atoms with Crippen molar-refractivity contribution in [3.8, 4) is 0 Å². The van der Waals surface area contributed by atoms with Crippen molar-refractivity contribution in [2.75, 3.05) is 31.6 Å². The summed E-state index contributed by atoms with van der Waals surface area (Å²) >= 11 is 1.86. The molecule has 1 saturated heterocycles. The zero-order valence-corrected chi connectivity index (χ0v) is 15.7. The van der Waals surface area contributed by atoms with E-state index in [2.05, 4.69) is 17.4 Å². The highest BCUT2D eigenvalue weighted by Gasteiger charge is 2.29. The maximum absolute atomic E-state index is 12.2. The van der Waals surface area contributed by atoms with Gasteiger partial charge in [-0.3, -0.25) is 4.79 Å². The molecule has 1 aromatic carbocycles. The van der Waals surface area contributed by atoms with Gasteiger partial charge in [0.05, 0.1) is 12.2 Å². The molecule has 1 N–H and O–H groups in total. The third-order valence-electron chi connectivity index (χ3n) is 4.10. The van der Waals surface area contributed by atoms with Crippen molar-refractivity contribution in [2.24, 2.45) is 5.92 Å². The number of piperidine rings is 1. The van der Waals surface area contributed by atoms with E-state index < -0.39 is 10.0 Å². The summed E-state index contributed by atoms with van der Waals surface area (Å²) in [5.74, 6) is 1.75. The molecule has 0 saturated carbocycles. The number of carbonyl (C=O) groups excluding carboxylic acids is 1. The van der Waals surface area contributed by atoms with Crippen LogP contribution < -0.4 is 5.32 Å². The molecular weight excluding hydrogens is 344 g/mol. The Balaban J connectivity index is 1.61. The summed E-state index contributed by atoms with van der Waals surface area (Å²) in [6, 6.07) is 10.3. The van der Waals surface area contributed by atoms with E-state index in [0.717, 1.165) is 30.8 Å². The quantitative estimate of drug-likeness (QED) is 0.712. The lowest BCUT2D eigenvalue weighted by Crippen LogP contribution is -2.45. The second-order valence-electron chi connectivity index (χ2n) is 6.14. The number of rotatable bonds is 8. The second kappa shape index (κ2) is 9.44.